The average Bonchev–Trinajstić information content (AvgIpc) is 2.88. The molecule has 4 rings (SSSR count). The number of cyclic esters (lactones) is 1. The minimum Gasteiger partial charge on any atom is -0.462 e. The zero-order chi connectivity index (χ0) is 27.4. The van der Waals surface area contributed by atoms with Crippen LogP contribution in [0.5, 0.6) is 0 Å². The molecule has 0 bridgehead atoms. The van der Waals surface area contributed by atoms with Gasteiger partial charge < -0.3 is 14.2 Å². The second kappa shape index (κ2) is 11.8. The van der Waals surface area contributed by atoms with Crippen molar-refractivity contribution in [2.24, 2.45) is 29.1 Å². The molecule has 0 amide bonds. The molecule has 0 unspecified atom stereocenters. The van der Waals surface area contributed by atoms with Gasteiger partial charge in [-0.2, -0.15) is 0 Å². The number of esters is 3. The van der Waals surface area contributed by atoms with Gasteiger partial charge in [0.05, 0.1) is 17.4 Å². The van der Waals surface area contributed by atoms with Crippen LogP contribution in [-0.4, -0.2) is 41.2 Å². The lowest BCUT2D eigenvalue weighted by Gasteiger charge is -2.44. The van der Waals surface area contributed by atoms with Crippen LogP contribution >= 0.6 is 0 Å². The van der Waals surface area contributed by atoms with Crippen LogP contribution in [0.15, 0.2) is 48.3 Å². The van der Waals surface area contributed by atoms with Gasteiger partial charge in [0, 0.05) is 24.7 Å². The number of hydrogen-bond acceptors (Lipinski definition) is 7. The van der Waals surface area contributed by atoms with Crippen LogP contribution in [0.1, 0.15) is 83.5 Å². The third-order valence-corrected chi connectivity index (χ3v) is 8.50. The van der Waals surface area contributed by atoms with Crippen LogP contribution in [-0.2, 0) is 23.8 Å². The maximum Gasteiger partial charge on any atom is 0.339 e. The molecule has 0 saturated carbocycles. The van der Waals surface area contributed by atoms with Gasteiger partial charge in [-0.25, -0.2) is 4.79 Å². The Bertz CT molecular complexity index is 1080. The molecule has 0 radical (unpaired) electrons. The van der Waals surface area contributed by atoms with Crippen molar-refractivity contribution in [1.29, 1.82) is 0 Å². The van der Waals surface area contributed by atoms with Gasteiger partial charge in [0.15, 0.2) is 0 Å². The summed E-state index contributed by atoms with van der Waals surface area (Å²) in [5.41, 5.74) is 1.08. The number of rotatable bonds is 8. The van der Waals surface area contributed by atoms with E-state index in [1.807, 2.05) is 20.8 Å². The molecule has 3 aliphatic rings. The zero-order valence-corrected chi connectivity index (χ0v) is 23.2. The monoisotopic (exact) mass is 523 g/mol. The van der Waals surface area contributed by atoms with Crippen molar-refractivity contribution in [2.75, 3.05) is 0 Å². The van der Waals surface area contributed by atoms with Crippen LogP contribution in [0.4, 0.5) is 0 Å². The number of fused-ring (bicyclic) bond motifs is 1. The molecule has 1 saturated heterocycles. The molecular formula is C31H41NO6. The maximum absolute atomic E-state index is 13.0. The Morgan fingerprint density at radius 2 is 1.95 bits per heavy atom. The first-order valence-corrected chi connectivity index (χ1v) is 14.0. The second-order valence-corrected chi connectivity index (χ2v) is 11.9. The number of pyridine rings is 1. The Morgan fingerprint density at radius 1 is 1.16 bits per heavy atom. The molecule has 2 aliphatic carbocycles. The Kier molecular flexibility index (Phi) is 8.74. The number of ether oxygens (including phenoxy) is 3. The first-order chi connectivity index (χ1) is 18.1. The molecule has 1 aromatic heterocycles. The van der Waals surface area contributed by atoms with E-state index >= 15 is 0 Å². The molecule has 7 atom stereocenters. The molecule has 7 heteroatoms. The summed E-state index contributed by atoms with van der Waals surface area (Å²) in [7, 11) is 0. The summed E-state index contributed by atoms with van der Waals surface area (Å²) in [5, 5.41) is 0. The molecule has 0 spiro atoms. The first kappa shape index (κ1) is 28.1. The summed E-state index contributed by atoms with van der Waals surface area (Å²) in [4.78, 5) is 41.9. The van der Waals surface area contributed by atoms with Crippen molar-refractivity contribution < 1.29 is 28.6 Å². The lowest BCUT2D eigenvalue weighted by Crippen LogP contribution is -2.43. The lowest BCUT2D eigenvalue weighted by atomic mass is 9.65. The molecule has 1 aliphatic heterocycles. The molecular weight excluding hydrogens is 482 g/mol. The lowest BCUT2D eigenvalue weighted by molar-refractivity contribution is -0.166. The van der Waals surface area contributed by atoms with Gasteiger partial charge in [-0.3, -0.25) is 14.6 Å². The predicted molar refractivity (Wildman–Crippen MR) is 143 cm³/mol. The highest BCUT2D eigenvalue weighted by atomic mass is 16.6. The Labute approximate surface area is 226 Å². The van der Waals surface area contributed by atoms with Crippen LogP contribution in [0, 0.1) is 29.1 Å². The van der Waals surface area contributed by atoms with Crippen molar-refractivity contribution in [3.8, 4) is 0 Å². The minimum absolute atomic E-state index is 0.0592. The zero-order valence-electron chi connectivity index (χ0n) is 23.2. The topological polar surface area (TPSA) is 91.8 Å². The fraction of sp³-hybridized carbons (Fsp3) is 0.613. The molecule has 38 heavy (non-hydrogen) atoms. The van der Waals surface area contributed by atoms with Crippen molar-refractivity contribution >= 4 is 17.9 Å². The van der Waals surface area contributed by atoms with Gasteiger partial charge in [0.1, 0.15) is 18.3 Å². The Morgan fingerprint density at radius 3 is 2.66 bits per heavy atom. The summed E-state index contributed by atoms with van der Waals surface area (Å²) in [6.45, 7) is 10.3. The third-order valence-electron chi connectivity index (χ3n) is 8.50. The number of allylic oxidation sites excluding steroid dienone is 3. The first-order valence-electron chi connectivity index (χ1n) is 14.0. The van der Waals surface area contributed by atoms with Gasteiger partial charge in [0.25, 0.3) is 0 Å². The SMILES string of the molecule is CCC(C)(C)C(=O)O[C@@H]1C[C@H](C)C=C2C=C[C@@H](C)[C@@H](CC[C@@H]3C[C@H](OC(=O)c4cccnc4)CC(=O)O3)[C@@H]21. The van der Waals surface area contributed by atoms with E-state index in [9.17, 15) is 14.4 Å². The second-order valence-electron chi connectivity index (χ2n) is 11.9. The van der Waals surface area contributed by atoms with E-state index in [4.69, 9.17) is 14.2 Å². The van der Waals surface area contributed by atoms with Crippen LogP contribution in [0.25, 0.3) is 0 Å². The highest BCUT2D eigenvalue weighted by Gasteiger charge is 2.43. The van der Waals surface area contributed by atoms with E-state index in [0.29, 0.717) is 30.2 Å². The smallest absolute Gasteiger partial charge is 0.339 e. The normalized spacial score (nSPS) is 31.0. The van der Waals surface area contributed by atoms with E-state index in [1.54, 1.807) is 18.3 Å². The Hall–Kier alpha value is -2.96. The molecule has 206 valence electrons. The molecule has 1 aromatic rings. The molecule has 2 heterocycles. The highest BCUT2D eigenvalue weighted by molar-refractivity contribution is 5.89. The van der Waals surface area contributed by atoms with Crippen LogP contribution in [0.2, 0.25) is 0 Å². The summed E-state index contributed by atoms with van der Waals surface area (Å²) >= 11 is 0. The maximum atomic E-state index is 13.0. The summed E-state index contributed by atoms with van der Waals surface area (Å²) in [6, 6.07) is 3.32. The van der Waals surface area contributed by atoms with E-state index in [2.05, 4.69) is 37.1 Å². The molecule has 0 N–H and O–H groups in total. The quantitative estimate of drug-likeness (QED) is 0.312. The van der Waals surface area contributed by atoms with E-state index in [1.165, 1.54) is 11.8 Å². The molecule has 1 fully saturated rings. The van der Waals surface area contributed by atoms with Gasteiger partial charge in [0.2, 0.25) is 0 Å². The summed E-state index contributed by atoms with van der Waals surface area (Å²) < 4.78 is 17.5. The standard InChI is InChI=1S/C31H41NO6/c1-6-31(4,5)30(35)38-26-15-19(2)14-21-10-9-20(3)25(28(21)26)12-11-23-16-24(17-27(33)36-23)37-29(34)22-8-7-13-32-18-22/h7-10,13-14,18-20,23-26,28H,6,11-12,15-17H2,1-5H3/t19-,20-,23-,24+,25-,26-,28-/m1/s1. The fourth-order valence-electron chi connectivity index (χ4n) is 5.86. The van der Waals surface area contributed by atoms with Crippen molar-refractivity contribution in [1.82, 2.24) is 4.98 Å². The van der Waals surface area contributed by atoms with Crippen LogP contribution < -0.4 is 0 Å². The number of hydrogen-bond donors (Lipinski definition) is 0. The van der Waals surface area contributed by atoms with Gasteiger partial charge in [-0.15, -0.1) is 0 Å². The van der Waals surface area contributed by atoms with E-state index in [0.717, 1.165) is 19.3 Å². The summed E-state index contributed by atoms with van der Waals surface area (Å²) in [5.74, 6) is 0.0239. The minimum atomic E-state index is -0.520. The third kappa shape index (κ3) is 6.54. The number of aromatic nitrogens is 1. The van der Waals surface area contributed by atoms with Gasteiger partial charge in [-0.1, -0.05) is 39.0 Å². The largest absolute Gasteiger partial charge is 0.462 e. The van der Waals surface area contributed by atoms with Crippen molar-refractivity contribution in [2.45, 2.75) is 91.5 Å². The van der Waals surface area contributed by atoms with Crippen LogP contribution in [0.3, 0.4) is 0 Å². The molecule has 7 nitrogen and oxygen atoms in total. The molecule has 0 aromatic carbocycles. The number of carbonyl (C=O) groups is 3. The number of carbonyl (C=O) groups excluding carboxylic acids is 3. The highest BCUT2D eigenvalue weighted by Crippen LogP contribution is 2.45. The Balaban J connectivity index is 1.43. The fourth-order valence-corrected chi connectivity index (χ4v) is 5.86. The van der Waals surface area contributed by atoms with Gasteiger partial charge >= 0.3 is 17.9 Å². The van der Waals surface area contributed by atoms with Crippen molar-refractivity contribution in [3.05, 3.63) is 53.9 Å². The summed E-state index contributed by atoms with van der Waals surface area (Å²) in [6.07, 6.45) is 12.3. The van der Waals surface area contributed by atoms with Gasteiger partial charge in [-0.05, 0) is 75.0 Å². The van der Waals surface area contributed by atoms with Crippen molar-refractivity contribution in [3.63, 3.8) is 0 Å². The average molecular weight is 524 g/mol. The van der Waals surface area contributed by atoms with E-state index < -0.39 is 17.5 Å². The predicted octanol–water partition coefficient (Wildman–Crippen LogP) is 5.85. The number of nitrogens with zero attached hydrogens (tertiary/aromatic N) is 1. The van der Waals surface area contributed by atoms with E-state index in [-0.39, 0.29) is 42.4 Å².